The zero-order valence-electron chi connectivity index (χ0n) is 39.1. The highest BCUT2D eigenvalue weighted by atomic mass is 19.1. The predicted octanol–water partition coefficient (Wildman–Crippen LogP) is 6.51. The second kappa shape index (κ2) is 20.3. The van der Waals surface area contributed by atoms with Gasteiger partial charge in [-0.05, 0) is 115 Å². The molecule has 0 aliphatic carbocycles. The number of hydrogen-bond acceptors (Lipinski definition) is 12. The number of H-pyrrole nitrogens is 1. The van der Waals surface area contributed by atoms with Crippen molar-refractivity contribution in [2.24, 2.45) is 0 Å². The van der Waals surface area contributed by atoms with E-state index < -0.39 is 41.3 Å². The second-order valence-corrected chi connectivity index (χ2v) is 18.4. The number of ether oxygens (including phenoxy) is 2. The maximum Gasteiger partial charge on any atom is 0.262 e. The molecule has 4 aliphatic rings. The molecule has 6 aromatic rings. The van der Waals surface area contributed by atoms with Crippen LogP contribution in [0.1, 0.15) is 73.4 Å². The lowest BCUT2D eigenvalue weighted by molar-refractivity contribution is -0.136. The van der Waals surface area contributed by atoms with Crippen LogP contribution in [0.5, 0.6) is 5.75 Å². The number of imide groups is 2. The standard InChI is InChI=1S/C53H53F2N9O7/c1-70-40-7-2-32(3-8-40)31-63(38-5-9-41-43(29-38)53(69)64(52(41)68)47-12-13-48(65)57-51(47)67)21-18-61-16-19-62(20-17-61)39-6-10-42(46(30-39)56-37-14-22-71-23-15-37)50(66)58-49-44-27-33(4-11-45(44)59-60-49)24-34-25-35(54)28-36(55)26-34/h2-11,25-30,37,47,56H,12-24,31H2,1H3,(H,57,65,67)(H2,58,59,60,66). The van der Waals surface area contributed by atoms with Gasteiger partial charge in [-0.3, -0.25) is 44.2 Å². The van der Waals surface area contributed by atoms with Crippen molar-refractivity contribution in [1.29, 1.82) is 0 Å². The number of amides is 5. The molecule has 5 heterocycles. The van der Waals surface area contributed by atoms with Gasteiger partial charge in [0, 0.05) is 100 Å². The van der Waals surface area contributed by atoms with Gasteiger partial charge in [0.15, 0.2) is 5.82 Å². The number of nitrogens with zero attached hydrogens (tertiary/aromatic N) is 5. The third-order valence-electron chi connectivity index (χ3n) is 13.8. The van der Waals surface area contributed by atoms with Crippen molar-refractivity contribution in [3.63, 3.8) is 0 Å². The van der Waals surface area contributed by atoms with Crippen LogP contribution in [0.15, 0.2) is 97.1 Å². The minimum Gasteiger partial charge on any atom is -0.497 e. The van der Waals surface area contributed by atoms with E-state index in [4.69, 9.17) is 9.47 Å². The SMILES string of the molecule is COc1ccc(CN(CCN2CCN(c3ccc(C(=O)Nc4n[nH]c5ccc(Cc6cc(F)cc(F)c6)cc45)c(NC4CCOCC4)c3)CC2)c2ccc3c(c2)C(=O)N(C2CCC(=O)NC2=O)C3=O)cc1. The van der Waals surface area contributed by atoms with Crippen molar-refractivity contribution < 1.29 is 42.2 Å². The molecule has 0 bridgehead atoms. The average molecular weight is 966 g/mol. The van der Waals surface area contributed by atoms with E-state index in [0.717, 1.165) is 78.2 Å². The first-order valence-corrected chi connectivity index (χ1v) is 23.9. The number of piperidine rings is 1. The molecular weight excluding hydrogens is 913 g/mol. The van der Waals surface area contributed by atoms with Gasteiger partial charge in [0.25, 0.3) is 17.7 Å². The highest BCUT2D eigenvalue weighted by Crippen LogP contribution is 2.33. The fourth-order valence-electron chi connectivity index (χ4n) is 9.90. The van der Waals surface area contributed by atoms with Gasteiger partial charge in [-0.25, -0.2) is 8.78 Å². The summed E-state index contributed by atoms with van der Waals surface area (Å²) in [7, 11) is 1.62. The number of benzene rings is 5. The average Bonchev–Trinajstić information content (AvgIpc) is 3.88. The number of fused-ring (bicyclic) bond motifs is 2. The largest absolute Gasteiger partial charge is 0.497 e. The maximum absolute atomic E-state index is 14.2. The van der Waals surface area contributed by atoms with Crippen molar-refractivity contribution in [2.45, 2.75) is 50.7 Å². The molecule has 0 saturated carbocycles. The number of nitrogens with one attached hydrogen (secondary N) is 4. The number of aromatic nitrogens is 2. The van der Waals surface area contributed by atoms with Crippen LogP contribution in [0, 0.1) is 11.6 Å². The fourth-order valence-corrected chi connectivity index (χ4v) is 9.90. The van der Waals surface area contributed by atoms with E-state index in [9.17, 15) is 32.8 Å². The number of methoxy groups -OCH3 is 1. The van der Waals surface area contributed by atoms with Crippen LogP contribution < -0.4 is 30.5 Å². The lowest BCUT2D eigenvalue weighted by Crippen LogP contribution is -2.54. The lowest BCUT2D eigenvalue weighted by atomic mass is 10.0. The first-order chi connectivity index (χ1) is 34.5. The molecule has 18 heteroatoms. The molecule has 5 amide bonds. The number of piperazine rings is 1. The Kier molecular flexibility index (Phi) is 13.5. The van der Waals surface area contributed by atoms with Crippen LogP contribution in [-0.4, -0.2) is 121 Å². The Hall–Kier alpha value is -7.70. The first kappa shape index (κ1) is 47.0. The summed E-state index contributed by atoms with van der Waals surface area (Å²) in [5.41, 5.74) is 6.35. The van der Waals surface area contributed by atoms with E-state index in [0.29, 0.717) is 72.8 Å². The van der Waals surface area contributed by atoms with E-state index in [1.165, 1.54) is 12.1 Å². The summed E-state index contributed by atoms with van der Waals surface area (Å²) in [6.07, 6.45) is 2.00. The van der Waals surface area contributed by atoms with Crippen LogP contribution >= 0.6 is 0 Å². The molecule has 1 atom stereocenters. The zero-order chi connectivity index (χ0) is 49.2. The van der Waals surface area contributed by atoms with Gasteiger partial charge in [0.2, 0.25) is 11.8 Å². The molecule has 0 spiro atoms. The van der Waals surface area contributed by atoms with Crippen molar-refractivity contribution in [3.8, 4) is 5.75 Å². The van der Waals surface area contributed by atoms with Gasteiger partial charge in [0.05, 0.1) is 29.3 Å². The van der Waals surface area contributed by atoms with Gasteiger partial charge in [-0.2, -0.15) is 5.10 Å². The molecule has 3 fully saturated rings. The number of carbonyl (C=O) groups is 5. The quantitative estimate of drug-likeness (QED) is 0.0821. The molecule has 4 N–H and O–H groups in total. The number of anilines is 4. The summed E-state index contributed by atoms with van der Waals surface area (Å²) in [6.45, 7) is 6.06. The van der Waals surface area contributed by atoms with Crippen LogP contribution in [0.3, 0.4) is 0 Å². The molecule has 1 unspecified atom stereocenters. The molecule has 366 valence electrons. The van der Waals surface area contributed by atoms with Gasteiger partial charge < -0.3 is 29.9 Å². The minimum atomic E-state index is -1.05. The Labute approximate surface area is 408 Å². The third kappa shape index (κ3) is 10.3. The molecule has 71 heavy (non-hydrogen) atoms. The smallest absolute Gasteiger partial charge is 0.262 e. The summed E-state index contributed by atoms with van der Waals surface area (Å²) in [5, 5.41) is 17.0. The Bertz CT molecular complexity index is 3000. The molecule has 16 nitrogen and oxygen atoms in total. The van der Waals surface area contributed by atoms with E-state index in [1.807, 2.05) is 66.7 Å². The number of hydrogen-bond donors (Lipinski definition) is 4. The highest BCUT2D eigenvalue weighted by Gasteiger charge is 2.45. The number of rotatable bonds is 15. The fraction of sp³-hybridized carbons (Fsp3) is 0.321. The second-order valence-electron chi connectivity index (χ2n) is 18.4. The molecule has 5 aromatic carbocycles. The van der Waals surface area contributed by atoms with Crippen LogP contribution in [0.2, 0.25) is 0 Å². The summed E-state index contributed by atoms with van der Waals surface area (Å²) >= 11 is 0. The first-order valence-electron chi connectivity index (χ1n) is 23.9. The van der Waals surface area contributed by atoms with E-state index in [-0.39, 0.29) is 35.9 Å². The number of aromatic amines is 1. The van der Waals surface area contributed by atoms with E-state index >= 15 is 0 Å². The monoisotopic (exact) mass is 965 g/mol. The van der Waals surface area contributed by atoms with Crippen molar-refractivity contribution in [2.75, 3.05) is 80.0 Å². The Morgan fingerprint density at radius 3 is 2.31 bits per heavy atom. The predicted molar refractivity (Wildman–Crippen MR) is 263 cm³/mol. The molecular formula is C53H53F2N9O7. The van der Waals surface area contributed by atoms with Crippen LogP contribution in [0.4, 0.5) is 31.7 Å². The minimum absolute atomic E-state index is 0.0432. The third-order valence-corrected chi connectivity index (χ3v) is 13.8. The molecule has 4 aliphatic heterocycles. The van der Waals surface area contributed by atoms with Gasteiger partial charge in [-0.1, -0.05) is 18.2 Å². The molecule has 3 saturated heterocycles. The van der Waals surface area contributed by atoms with Gasteiger partial charge >= 0.3 is 0 Å². The summed E-state index contributed by atoms with van der Waals surface area (Å²) in [4.78, 5) is 73.9. The van der Waals surface area contributed by atoms with Crippen molar-refractivity contribution in [1.82, 2.24) is 25.3 Å². The summed E-state index contributed by atoms with van der Waals surface area (Å²) in [6, 6.07) is 26.9. The number of carbonyl (C=O) groups excluding carboxylic acids is 5. The summed E-state index contributed by atoms with van der Waals surface area (Å²) < 4.78 is 38.9. The Morgan fingerprint density at radius 2 is 1.56 bits per heavy atom. The zero-order valence-corrected chi connectivity index (χ0v) is 39.1. The van der Waals surface area contributed by atoms with Crippen molar-refractivity contribution >= 4 is 63.3 Å². The molecule has 1 aromatic heterocycles. The molecule has 10 rings (SSSR count). The van der Waals surface area contributed by atoms with Crippen LogP contribution in [0.25, 0.3) is 10.9 Å². The van der Waals surface area contributed by atoms with E-state index in [1.54, 1.807) is 19.2 Å². The molecule has 0 radical (unpaired) electrons. The topological polar surface area (TPSA) is 182 Å². The maximum atomic E-state index is 14.2. The van der Waals surface area contributed by atoms with Crippen LogP contribution in [-0.2, 0) is 27.3 Å². The van der Waals surface area contributed by atoms with E-state index in [2.05, 4.69) is 40.8 Å². The summed E-state index contributed by atoms with van der Waals surface area (Å²) in [5.74, 6) is -2.73. The highest BCUT2D eigenvalue weighted by molar-refractivity contribution is 6.23. The van der Waals surface area contributed by atoms with Crippen molar-refractivity contribution in [3.05, 3.63) is 142 Å². The van der Waals surface area contributed by atoms with Gasteiger partial charge in [0.1, 0.15) is 23.4 Å². The number of halogens is 2. The van der Waals surface area contributed by atoms with Gasteiger partial charge in [-0.15, -0.1) is 0 Å². The normalized spacial score (nSPS) is 17.6. The Morgan fingerprint density at radius 1 is 0.817 bits per heavy atom. The Balaban J connectivity index is 0.827. The lowest BCUT2D eigenvalue weighted by Gasteiger charge is -2.37.